The third kappa shape index (κ3) is 4.03. The summed E-state index contributed by atoms with van der Waals surface area (Å²) in [7, 11) is 0. The largest absolute Gasteiger partial charge is 0.507 e. The van der Waals surface area contributed by atoms with Crippen LogP contribution in [-0.4, -0.2) is 27.3 Å². The number of nitro groups is 1. The van der Waals surface area contributed by atoms with Gasteiger partial charge in [-0.05, 0) is 18.2 Å². The number of phenolic OH excluding ortho intramolecular Hbond substituents is 2. The summed E-state index contributed by atoms with van der Waals surface area (Å²) in [6.07, 6.45) is 1.18. The van der Waals surface area contributed by atoms with Crippen molar-refractivity contribution in [3.8, 4) is 17.2 Å². The summed E-state index contributed by atoms with van der Waals surface area (Å²) in [5, 5.41) is 30.2. The molecule has 0 saturated carbocycles. The van der Waals surface area contributed by atoms with Crippen molar-refractivity contribution in [3.05, 3.63) is 52.1 Å². The average molecular weight is 316 g/mol. The van der Waals surface area contributed by atoms with Gasteiger partial charge in [-0.2, -0.15) is 0 Å². The van der Waals surface area contributed by atoms with Crippen LogP contribution in [0.2, 0.25) is 0 Å². The summed E-state index contributed by atoms with van der Waals surface area (Å²) in [5.74, 6) is -0.797. The van der Waals surface area contributed by atoms with Crippen molar-refractivity contribution < 1.29 is 24.7 Å². The molecular weight excluding hydrogens is 304 g/mol. The highest BCUT2D eigenvalue weighted by atomic mass is 16.6. The molecule has 2 aromatic carbocycles. The number of non-ortho nitro benzene ring substituents is 1. The van der Waals surface area contributed by atoms with E-state index in [1.807, 2.05) is 0 Å². The van der Waals surface area contributed by atoms with Crippen LogP contribution in [0.3, 0.4) is 0 Å². The Morgan fingerprint density at radius 3 is 2.57 bits per heavy atom. The summed E-state index contributed by atoms with van der Waals surface area (Å²) in [4.78, 5) is 24.9. The number of benzene rings is 2. The summed E-state index contributed by atoms with van der Waals surface area (Å²) in [6, 6.07) is 7.55. The molecule has 0 amide bonds. The Morgan fingerprint density at radius 1 is 1.22 bits per heavy atom. The lowest BCUT2D eigenvalue weighted by Crippen LogP contribution is -2.00. The lowest BCUT2D eigenvalue weighted by atomic mass is 10.2. The number of nitro benzene ring substituents is 1. The van der Waals surface area contributed by atoms with Gasteiger partial charge >= 0.3 is 5.97 Å². The Bertz CT molecular complexity index is 801. The van der Waals surface area contributed by atoms with Crippen molar-refractivity contribution in [2.45, 2.75) is 6.92 Å². The number of hydrogen-bond acceptors (Lipinski definition) is 7. The fourth-order valence-electron chi connectivity index (χ4n) is 1.74. The van der Waals surface area contributed by atoms with Crippen LogP contribution in [0.5, 0.6) is 17.2 Å². The maximum absolute atomic E-state index is 10.8. The van der Waals surface area contributed by atoms with E-state index in [0.717, 1.165) is 12.1 Å². The van der Waals surface area contributed by atoms with Crippen molar-refractivity contribution in [1.29, 1.82) is 0 Å². The number of carbonyl (C=O) groups excluding carboxylic acids is 1. The Kier molecular flexibility index (Phi) is 4.55. The first-order valence-corrected chi connectivity index (χ1v) is 6.39. The first-order valence-electron chi connectivity index (χ1n) is 6.39. The summed E-state index contributed by atoms with van der Waals surface area (Å²) in [6.45, 7) is 1.23. The standard InChI is InChI=1S/C15H12N2O6/c1-9(18)23-12-3-4-13(15(20)7-12)16-8-10-6-11(17(21)22)2-5-14(10)19/h2-8,19-20H,1H3. The maximum atomic E-state index is 10.8. The fourth-order valence-corrected chi connectivity index (χ4v) is 1.74. The lowest BCUT2D eigenvalue weighted by molar-refractivity contribution is -0.384. The highest BCUT2D eigenvalue weighted by molar-refractivity contribution is 5.87. The highest BCUT2D eigenvalue weighted by Crippen LogP contribution is 2.31. The number of esters is 1. The second-order valence-corrected chi connectivity index (χ2v) is 4.50. The highest BCUT2D eigenvalue weighted by Gasteiger charge is 2.09. The van der Waals surface area contributed by atoms with Crippen molar-refractivity contribution in [3.63, 3.8) is 0 Å². The molecule has 118 valence electrons. The molecule has 0 aliphatic carbocycles. The van der Waals surface area contributed by atoms with Crippen molar-refractivity contribution in [1.82, 2.24) is 0 Å². The Labute approximate surface area is 130 Å². The molecule has 0 saturated heterocycles. The number of phenols is 2. The van der Waals surface area contributed by atoms with Crippen LogP contribution in [0, 0.1) is 10.1 Å². The predicted molar refractivity (Wildman–Crippen MR) is 81.4 cm³/mol. The second-order valence-electron chi connectivity index (χ2n) is 4.50. The number of nitrogens with zero attached hydrogens (tertiary/aromatic N) is 2. The molecule has 0 radical (unpaired) electrons. The van der Waals surface area contributed by atoms with Gasteiger partial charge in [-0.15, -0.1) is 0 Å². The van der Waals surface area contributed by atoms with Crippen LogP contribution in [0.4, 0.5) is 11.4 Å². The van der Waals surface area contributed by atoms with Crippen LogP contribution in [0.15, 0.2) is 41.4 Å². The molecule has 0 atom stereocenters. The number of aliphatic imine (C=N–C) groups is 1. The van der Waals surface area contributed by atoms with E-state index in [0.29, 0.717) is 0 Å². The van der Waals surface area contributed by atoms with Crippen molar-refractivity contribution in [2.24, 2.45) is 4.99 Å². The lowest BCUT2D eigenvalue weighted by Gasteiger charge is -2.04. The number of ether oxygens (including phenoxy) is 1. The predicted octanol–water partition coefficient (Wildman–Crippen LogP) is 2.68. The SMILES string of the molecule is CC(=O)Oc1ccc(N=Cc2cc([N+](=O)[O-])ccc2O)c(O)c1. The zero-order valence-corrected chi connectivity index (χ0v) is 12.0. The van der Waals surface area contributed by atoms with Crippen LogP contribution in [0.1, 0.15) is 12.5 Å². The molecular formula is C15H12N2O6. The number of rotatable bonds is 4. The van der Waals surface area contributed by atoms with Crippen LogP contribution < -0.4 is 4.74 Å². The van der Waals surface area contributed by atoms with Gasteiger partial charge in [0.2, 0.25) is 0 Å². The third-order valence-electron chi connectivity index (χ3n) is 2.77. The molecule has 2 rings (SSSR count). The fraction of sp³-hybridized carbons (Fsp3) is 0.0667. The van der Waals surface area contributed by atoms with Gasteiger partial charge in [0, 0.05) is 36.9 Å². The van der Waals surface area contributed by atoms with E-state index in [1.165, 1.54) is 37.4 Å². The van der Waals surface area contributed by atoms with Gasteiger partial charge in [0.05, 0.1) is 4.92 Å². The van der Waals surface area contributed by atoms with Crippen LogP contribution in [-0.2, 0) is 4.79 Å². The van der Waals surface area contributed by atoms with E-state index in [4.69, 9.17) is 4.74 Å². The number of carbonyl (C=O) groups is 1. The van der Waals surface area contributed by atoms with Gasteiger partial charge in [0.25, 0.3) is 5.69 Å². The van der Waals surface area contributed by atoms with Crippen molar-refractivity contribution >= 4 is 23.6 Å². The zero-order valence-electron chi connectivity index (χ0n) is 12.0. The topological polar surface area (TPSA) is 122 Å². The minimum atomic E-state index is -0.595. The van der Waals surface area contributed by atoms with Crippen LogP contribution >= 0.6 is 0 Å². The third-order valence-corrected chi connectivity index (χ3v) is 2.77. The molecule has 2 aromatic rings. The monoisotopic (exact) mass is 316 g/mol. The second kappa shape index (κ2) is 6.56. The van der Waals surface area contributed by atoms with E-state index >= 15 is 0 Å². The Balaban J connectivity index is 2.28. The molecule has 0 fully saturated rings. The summed E-state index contributed by atoms with van der Waals surface area (Å²) in [5.41, 5.74) is 0.0770. The van der Waals surface area contributed by atoms with Crippen molar-refractivity contribution in [2.75, 3.05) is 0 Å². The molecule has 0 bridgehead atoms. The quantitative estimate of drug-likeness (QED) is 0.294. The van der Waals surface area contributed by atoms with Crippen LogP contribution in [0.25, 0.3) is 0 Å². The molecule has 23 heavy (non-hydrogen) atoms. The average Bonchev–Trinajstić information content (AvgIpc) is 2.47. The maximum Gasteiger partial charge on any atom is 0.308 e. The van der Waals surface area contributed by atoms with E-state index < -0.39 is 10.9 Å². The van der Waals surface area contributed by atoms with Gasteiger partial charge in [-0.3, -0.25) is 19.9 Å². The van der Waals surface area contributed by atoms with Gasteiger partial charge < -0.3 is 14.9 Å². The molecule has 0 aromatic heterocycles. The Hall–Kier alpha value is -3.42. The minimum absolute atomic E-state index is 0.127. The Morgan fingerprint density at radius 2 is 1.96 bits per heavy atom. The van der Waals surface area contributed by atoms with E-state index in [9.17, 15) is 25.1 Å². The molecule has 8 nitrogen and oxygen atoms in total. The van der Waals surface area contributed by atoms with E-state index in [1.54, 1.807) is 0 Å². The molecule has 0 spiro atoms. The van der Waals surface area contributed by atoms with E-state index in [2.05, 4.69) is 4.99 Å². The molecule has 0 heterocycles. The van der Waals surface area contributed by atoms with Gasteiger partial charge in [0.1, 0.15) is 22.9 Å². The number of hydrogen-bond donors (Lipinski definition) is 2. The minimum Gasteiger partial charge on any atom is -0.507 e. The molecule has 0 unspecified atom stereocenters. The molecule has 2 N–H and O–H groups in total. The first kappa shape index (κ1) is 16.0. The first-order chi connectivity index (χ1) is 10.9. The summed E-state index contributed by atoms with van der Waals surface area (Å²) >= 11 is 0. The van der Waals surface area contributed by atoms with Gasteiger partial charge in [-0.25, -0.2) is 0 Å². The van der Waals surface area contributed by atoms with Gasteiger partial charge in [-0.1, -0.05) is 0 Å². The molecule has 0 aliphatic rings. The van der Waals surface area contributed by atoms with Gasteiger partial charge in [0.15, 0.2) is 0 Å². The molecule has 0 aliphatic heterocycles. The molecule has 8 heteroatoms. The smallest absolute Gasteiger partial charge is 0.308 e. The normalized spacial score (nSPS) is 10.7. The van der Waals surface area contributed by atoms with E-state index in [-0.39, 0.29) is 34.2 Å². The number of aromatic hydroxyl groups is 2. The zero-order chi connectivity index (χ0) is 17.0. The summed E-state index contributed by atoms with van der Waals surface area (Å²) < 4.78 is 4.81.